The molecule has 0 radical (unpaired) electrons. The largest absolute Gasteiger partial charge is 0.423 e. The Balaban J connectivity index is 1.42. The molecule has 0 saturated carbocycles. The Morgan fingerprint density at radius 3 is 2.72 bits per heavy atom. The maximum atomic E-state index is 13.1. The Labute approximate surface area is 192 Å². The van der Waals surface area contributed by atoms with Gasteiger partial charge in [0, 0.05) is 21.7 Å². The fourth-order valence-corrected chi connectivity index (χ4v) is 4.65. The molecule has 1 amide bonds. The van der Waals surface area contributed by atoms with Gasteiger partial charge in [-0.3, -0.25) is 9.48 Å². The predicted octanol–water partition coefficient (Wildman–Crippen LogP) is 5.72. The van der Waals surface area contributed by atoms with Crippen molar-refractivity contribution in [3.05, 3.63) is 81.6 Å². The molecule has 0 fully saturated rings. The number of nitrogens with one attached hydrogen (secondary N) is 1. The van der Waals surface area contributed by atoms with Crippen LogP contribution in [0.15, 0.2) is 59.3 Å². The molecule has 0 atom stereocenters. The lowest BCUT2D eigenvalue weighted by atomic mass is 10.1. The zero-order valence-electron chi connectivity index (χ0n) is 17.3. The number of hydrogen-bond acceptors (Lipinski definition) is 6. The van der Waals surface area contributed by atoms with Crippen LogP contribution in [0.25, 0.3) is 21.7 Å². The smallest absolute Gasteiger partial charge is 0.265 e. The van der Waals surface area contributed by atoms with Crippen LogP contribution in [0.3, 0.4) is 0 Å². The fourth-order valence-electron chi connectivity index (χ4n) is 3.47. The van der Waals surface area contributed by atoms with E-state index in [1.54, 1.807) is 0 Å². The van der Waals surface area contributed by atoms with E-state index < -0.39 is 0 Å². The third-order valence-electron chi connectivity index (χ3n) is 5.17. The summed E-state index contributed by atoms with van der Waals surface area (Å²) in [5.74, 6) is 0.231. The Bertz CT molecular complexity index is 1420. The van der Waals surface area contributed by atoms with Gasteiger partial charge in [-0.05, 0) is 55.3 Å². The molecular weight excluding hydrogens is 446 g/mol. The third-order valence-corrected chi connectivity index (χ3v) is 6.57. The van der Waals surface area contributed by atoms with E-state index in [1.165, 1.54) is 17.7 Å². The quantitative estimate of drug-likeness (QED) is 0.360. The van der Waals surface area contributed by atoms with Crippen molar-refractivity contribution in [2.45, 2.75) is 20.4 Å². The highest BCUT2D eigenvalue weighted by molar-refractivity contribution is 7.20. The zero-order valence-corrected chi connectivity index (χ0v) is 18.9. The van der Waals surface area contributed by atoms with Gasteiger partial charge in [-0.2, -0.15) is 5.10 Å². The van der Waals surface area contributed by atoms with E-state index in [4.69, 9.17) is 16.0 Å². The van der Waals surface area contributed by atoms with E-state index in [9.17, 15) is 4.79 Å². The highest BCUT2D eigenvalue weighted by atomic mass is 35.5. The molecule has 0 spiro atoms. The molecule has 0 aliphatic carbocycles. The summed E-state index contributed by atoms with van der Waals surface area (Å²) in [6.07, 6.45) is 1.28. The highest BCUT2D eigenvalue weighted by Gasteiger charge is 2.18. The lowest BCUT2D eigenvalue weighted by Gasteiger charge is -2.08. The van der Waals surface area contributed by atoms with E-state index in [-0.39, 0.29) is 5.91 Å². The van der Waals surface area contributed by atoms with Gasteiger partial charge in [-0.25, -0.2) is 0 Å². The van der Waals surface area contributed by atoms with Crippen molar-refractivity contribution in [2.24, 2.45) is 0 Å². The number of thiophene rings is 1. The van der Waals surface area contributed by atoms with Crippen LogP contribution in [0.5, 0.6) is 0 Å². The minimum Gasteiger partial charge on any atom is -0.423 e. The Morgan fingerprint density at radius 1 is 1.16 bits per heavy atom. The summed E-state index contributed by atoms with van der Waals surface area (Å²) in [5, 5.41) is 17.0. The van der Waals surface area contributed by atoms with E-state index in [2.05, 4.69) is 20.6 Å². The van der Waals surface area contributed by atoms with Gasteiger partial charge in [0.1, 0.15) is 4.83 Å². The molecule has 5 aromatic rings. The monoisotopic (exact) mass is 463 g/mol. The van der Waals surface area contributed by atoms with Crippen LogP contribution in [0.1, 0.15) is 26.5 Å². The summed E-state index contributed by atoms with van der Waals surface area (Å²) in [4.78, 5) is 14.6. The van der Waals surface area contributed by atoms with Crippen LogP contribution in [-0.2, 0) is 6.54 Å². The van der Waals surface area contributed by atoms with Crippen LogP contribution in [-0.4, -0.2) is 25.9 Å². The summed E-state index contributed by atoms with van der Waals surface area (Å²) in [5.41, 5.74) is 4.36. The molecule has 0 aliphatic heterocycles. The lowest BCUT2D eigenvalue weighted by Crippen LogP contribution is -2.11. The average molecular weight is 464 g/mol. The van der Waals surface area contributed by atoms with Crippen LogP contribution >= 0.6 is 22.9 Å². The van der Waals surface area contributed by atoms with Gasteiger partial charge in [0.15, 0.2) is 0 Å². The van der Waals surface area contributed by atoms with Crippen molar-refractivity contribution in [1.29, 1.82) is 0 Å². The molecule has 1 N–H and O–H groups in total. The number of aromatic nitrogens is 4. The molecule has 160 valence electrons. The molecule has 5 rings (SSSR count). The normalized spacial score (nSPS) is 11.2. The third kappa shape index (κ3) is 3.90. The SMILES string of the molecule is Cc1ccc(-c2nnco2)cc1NC(=O)c1cc2c(C)nn(Cc3ccc(Cl)cc3)c2s1. The maximum Gasteiger partial charge on any atom is 0.265 e. The number of amides is 1. The highest BCUT2D eigenvalue weighted by Crippen LogP contribution is 2.30. The van der Waals surface area contributed by atoms with Crippen LogP contribution in [0.4, 0.5) is 5.69 Å². The maximum absolute atomic E-state index is 13.1. The van der Waals surface area contributed by atoms with Crippen molar-refractivity contribution in [1.82, 2.24) is 20.0 Å². The van der Waals surface area contributed by atoms with Gasteiger partial charge < -0.3 is 9.73 Å². The van der Waals surface area contributed by atoms with Gasteiger partial charge in [0.05, 0.1) is 17.1 Å². The van der Waals surface area contributed by atoms with Gasteiger partial charge in [0.25, 0.3) is 5.91 Å². The van der Waals surface area contributed by atoms with Crippen molar-refractivity contribution in [2.75, 3.05) is 5.32 Å². The van der Waals surface area contributed by atoms with Crippen molar-refractivity contribution < 1.29 is 9.21 Å². The molecule has 3 heterocycles. The Morgan fingerprint density at radius 2 is 1.97 bits per heavy atom. The van der Waals surface area contributed by atoms with Gasteiger partial charge >= 0.3 is 0 Å². The van der Waals surface area contributed by atoms with Crippen molar-refractivity contribution in [3.8, 4) is 11.5 Å². The lowest BCUT2D eigenvalue weighted by molar-refractivity contribution is 0.103. The first kappa shape index (κ1) is 20.4. The van der Waals surface area contributed by atoms with Crippen molar-refractivity contribution >= 4 is 44.7 Å². The molecule has 2 aromatic carbocycles. The molecule has 0 saturated heterocycles. The second kappa shape index (κ2) is 8.22. The first-order valence-corrected chi connectivity index (χ1v) is 11.1. The molecule has 7 nitrogen and oxygen atoms in total. The number of carbonyl (C=O) groups excluding carboxylic acids is 1. The van der Waals surface area contributed by atoms with E-state index in [0.29, 0.717) is 28.0 Å². The topological polar surface area (TPSA) is 85.8 Å². The Hall–Kier alpha value is -3.49. The summed E-state index contributed by atoms with van der Waals surface area (Å²) in [6, 6.07) is 15.2. The minimum atomic E-state index is -0.172. The van der Waals surface area contributed by atoms with E-state index in [1.807, 2.05) is 67.1 Å². The zero-order chi connectivity index (χ0) is 22.2. The van der Waals surface area contributed by atoms with Gasteiger partial charge in [-0.1, -0.05) is 29.8 Å². The first-order chi connectivity index (χ1) is 15.5. The molecule has 0 unspecified atom stereocenters. The molecule has 0 bridgehead atoms. The minimum absolute atomic E-state index is 0.172. The average Bonchev–Trinajstić information content (AvgIpc) is 3.51. The second-order valence-corrected chi connectivity index (χ2v) is 8.89. The summed E-state index contributed by atoms with van der Waals surface area (Å²) in [7, 11) is 0. The van der Waals surface area contributed by atoms with Gasteiger partial charge in [-0.15, -0.1) is 21.5 Å². The number of carbonyl (C=O) groups is 1. The van der Waals surface area contributed by atoms with Gasteiger partial charge in [0.2, 0.25) is 12.3 Å². The molecular formula is C23H18ClN5O2S. The molecule has 0 aliphatic rings. The predicted molar refractivity (Wildman–Crippen MR) is 125 cm³/mol. The van der Waals surface area contributed by atoms with E-state index in [0.717, 1.165) is 32.6 Å². The first-order valence-electron chi connectivity index (χ1n) is 9.88. The van der Waals surface area contributed by atoms with Crippen LogP contribution in [0, 0.1) is 13.8 Å². The molecule has 3 aromatic heterocycles. The number of aryl methyl sites for hydroxylation is 2. The number of rotatable bonds is 5. The Kier molecular flexibility index (Phi) is 5.24. The molecule has 32 heavy (non-hydrogen) atoms. The van der Waals surface area contributed by atoms with E-state index >= 15 is 0 Å². The summed E-state index contributed by atoms with van der Waals surface area (Å²) in [6.45, 7) is 4.49. The standard InChI is InChI=1S/C23H18ClN5O2S/c1-13-3-6-16(22-27-25-12-31-22)9-19(13)26-21(30)20-10-18-14(2)28-29(23(18)32-20)11-15-4-7-17(24)8-5-15/h3-10,12H,11H2,1-2H3,(H,26,30). The molecule has 9 heteroatoms. The summed E-state index contributed by atoms with van der Waals surface area (Å²) >= 11 is 7.42. The number of halogens is 1. The number of hydrogen-bond donors (Lipinski definition) is 1. The number of anilines is 1. The van der Waals surface area contributed by atoms with Crippen molar-refractivity contribution in [3.63, 3.8) is 0 Å². The van der Waals surface area contributed by atoms with Crippen LogP contribution < -0.4 is 5.32 Å². The second-order valence-electron chi connectivity index (χ2n) is 7.43. The van der Waals surface area contributed by atoms with Crippen LogP contribution in [0.2, 0.25) is 5.02 Å². The number of fused-ring (bicyclic) bond motifs is 1. The number of nitrogens with zero attached hydrogens (tertiary/aromatic N) is 4. The summed E-state index contributed by atoms with van der Waals surface area (Å²) < 4.78 is 7.19. The number of benzene rings is 2. The fraction of sp³-hybridized carbons (Fsp3) is 0.130.